The number of hydrogen-bond acceptors (Lipinski definition) is 8. The van der Waals surface area contributed by atoms with E-state index in [0.717, 1.165) is 25.1 Å². The molecule has 9 nitrogen and oxygen atoms in total. The average molecular weight is 352 g/mol. The van der Waals surface area contributed by atoms with Crippen molar-refractivity contribution in [2.75, 3.05) is 25.0 Å². The molecule has 4 rings (SSSR count). The molecule has 0 radical (unpaired) electrons. The maximum atomic E-state index is 10.4. The van der Waals surface area contributed by atoms with Gasteiger partial charge in [0.1, 0.15) is 17.1 Å². The van der Waals surface area contributed by atoms with Gasteiger partial charge < -0.3 is 15.3 Å². The number of aryl methyl sites for hydroxylation is 1. The fourth-order valence-electron chi connectivity index (χ4n) is 3.10. The lowest BCUT2D eigenvalue weighted by atomic mass is 10.1. The van der Waals surface area contributed by atoms with Crippen molar-refractivity contribution >= 4 is 5.95 Å². The Balaban J connectivity index is 1.56. The fraction of sp³-hybridized carbons (Fsp3) is 0.353. The molecule has 1 fully saturated rings. The van der Waals surface area contributed by atoms with E-state index in [4.69, 9.17) is 0 Å². The standard InChI is InChI=1S/C17H20N8O/c1-18-12-5-6-25(10-12)17-19-8-15(21-22-17)13-4-3-11(7-16(13)26)14-9-20-24(2)23-14/h3-4,7-9,12,18,26H,5-6,10H2,1-2H3. The zero-order valence-corrected chi connectivity index (χ0v) is 14.7. The van der Waals surface area contributed by atoms with Gasteiger partial charge in [-0.15, -0.1) is 10.2 Å². The predicted octanol–water partition coefficient (Wildman–Crippen LogP) is 0.838. The molecule has 0 saturated carbocycles. The lowest BCUT2D eigenvalue weighted by Crippen LogP contribution is -2.30. The van der Waals surface area contributed by atoms with Gasteiger partial charge in [0.15, 0.2) is 0 Å². The van der Waals surface area contributed by atoms with Crippen molar-refractivity contribution in [1.29, 1.82) is 0 Å². The second kappa shape index (κ2) is 6.68. The van der Waals surface area contributed by atoms with Gasteiger partial charge in [-0.1, -0.05) is 6.07 Å². The molecule has 0 aliphatic carbocycles. The van der Waals surface area contributed by atoms with Crippen LogP contribution in [-0.4, -0.2) is 61.5 Å². The average Bonchev–Trinajstić information content (AvgIpc) is 3.31. The molecule has 1 aliphatic rings. The Morgan fingerprint density at radius 3 is 2.69 bits per heavy atom. The van der Waals surface area contributed by atoms with Crippen LogP contribution in [0.25, 0.3) is 22.5 Å². The first-order valence-corrected chi connectivity index (χ1v) is 8.46. The minimum absolute atomic E-state index is 0.105. The molecule has 2 aromatic heterocycles. The van der Waals surface area contributed by atoms with E-state index in [1.807, 2.05) is 13.1 Å². The molecule has 0 spiro atoms. The summed E-state index contributed by atoms with van der Waals surface area (Å²) in [5.41, 5.74) is 2.59. The predicted molar refractivity (Wildman–Crippen MR) is 96.6 cm³/mol. The summed E-state index contributed by atoms with van der Waals surface area (Å²) in [6.45, 7) is 1.78. The Morgan fingerprint density at radius 1 is 1.19 bits per heavy atom. The third-order valence-electron chi connectivity index (χ3n) is 4.60. The van der Waals surface area contributed by atoms with Crippen LogP contribution < -0.4 is 10.2 Å². The lowest BCUT2D eigenvalue weighted by Gasteiger charge is -2.15. The van der Waals surface area contributed by atoms with Gasteiger partial charge in [-0.3, -0.25) is 0 Å². The summed E-state index contributed by atoms with van der Waals surface area (Å²) in [5.74, 6) is 0.718. The van der Waals surface area contributed by atoms with E-state index in [2.05, 4.69) is 35.6 Å². The number of likely N-dealkylation sites (N-methyl/N-ethyl adjacent to an activating group) is 1. The maximum Gasteiger partial charge on any atom is 0.245 e. The quantitative estimate of drug-likeness (QED) is 0.712. The minimum Gasteiger partial charge on any atom is -0.507 e. The first-order valence-electron chi connectivity index (χ1n) is 8.46. The summed E-state index contributed by atoms with van der Waals surface area (Å²) in [6.07, 6.45) is 4.36. The summed E-state index contributed by atoms with van der Waals surface area (Å²) >= 11 is 0. The molecule has 2 N–H and O–H groups in total. The minimum atomic E-state index is 0.105. The largest absolute Gasteiger partial charge is 0.507 e. The van der Waals surface area contributed by atoms with E-state index in [1.165, 1.54) is 4.80 Å². The Bertz CT molecular complexity index is 907. The Labute approximate surface area is 150 Å². The number of anilines is 1. The zero-order chi connectivity index (χ0) is 18.1. The van der Waals surface area contributed by atoms with Crippen LogP contribution >= 0.6 is 0 Å². The molecule has 1 aliphatic heterocycles. The number of phenolic OH excluding ortho intramolecular Hbond substituents is 1. The van der Waals surface area contributed by atoms with Crippen LogP contribution in [0.4, 0.5) is 5.95 Å². The Kier molecular flexibility index (Phi) is 4.21. The monoisotopic (exact) mass is 352 g/mol. The third-order valence-corrected chi connectivity index (χ3v) is 4.60. The van der Waals surface area contributed by atoms with Crippen molar-refractivity contribution in [3.05, 3.63) is 30.6 Å². The molecule has 9 heteroatoms. The SMILES string of the molecule is CNC1CCN(c2ncc(-c3ccc(-c4cnn(C)n4)cc3O)nn2)C1. The Hall–Kier alpha value is -3.07. The van der Waals surface area contributed by atoms with Crippen molar-refractivity contribution in [2.24, 2.45) is 7.05 Å². The summed E-state index contributed by atoms with van der Waals surface area (Å²) < 4.78 is 0. The Morgan fingerprint density at radius 2 is 2.08 bits per heavy atom. The van der Waals surface area contributed by atoms with E-state index in [1.54, 1.807) is 31.6 Å². The number of nitrogens with one attached hydrogen (secondary N) is 1. The number of benzene rings is 1. The van der Waals surface area contributed by atoms with Crippen molar-refractivity contribution < 1.29 is 5.11 Å². The molecule has 1 saturated heterocycles. The van der Waals surface area contributed by atoms with Crippen molar-refractivity contribution in [1.82, 2.24) is 35.5 Å². The number of rotatable bonds is 4. The van der Waals surface area contributed by atoms with Crippen LogP contribution in [0.2, 0.25) is 0 Å². The molecule has 0 bridgehead atoms. The molecular weight excluding hydrogens is 332 g/mol. The van der Waals surface area contributed by atoms with Crippen molar-refractivity contribution in [2.45, 2.75) is 12.5 Å². The fourth-order valence-corrected chi connectivity index (χ4v) is 3.10. The molecule has 0 amide bonds. The number of aromatic hydroxyl groups is 1. The molecule has 1 atom stereocenters. The molecule has 3 heterocycles. The molecular formula is C17H20N8O. The lowest BCUT2D eigenvalue weighted by molar-refractivity contribution is 0.477. The van der Waals surface area contributed by atoms with Gasteiger partial charge in [-0.25, -0.2) is 4.98 Å². The van der Waals surface area contributed by atoms with Crippen LogP contribution in [0.3, 0.4) is 0 Å². The normalized spacial score (nSPS) is 17.0. The van der Waals surface area contributed by atoms with Crippen LogP contribution in [0, 0.1) is 0 Å². The van der Waals surface area contributed by atoms with Crippen LogP contribution in [0.15, 0.2) is 30.6 Å². The van der Waals surface area contributed by atoms with Gasteiger partial charge in [0, 0.05) is 37.3 Å². The van der Waals surface area contributed by atoms with E-state index < -0.39 is 0 Å². The van der Waals surface area contributed by atoms with Gasteiger partial charge >= 0.3 is 0 Å². The highest BCUT2D eigenvalue weighted by atomic mass is 16.3. The highest BCUT2D eigenvalue weighted by Crippen LogP contribution is 2.31. The number of hydrogen-bond donors (Lipinski definition) is 2. The third kappa shape index (κ3) is 3.08. The van der Waals surface area contributed by atoms with E-state index in [9.17, 15) is 5.11 Å². The second-order valence-electron chi connectivity index (χ2n) is 6.31. The zero-order valence-electron chi connectivity index (χ0n) is 14.7. The van der Waals surface area contributed by atoms with Crippen molar-refractivity contribution in [3.63, 3.8) is 0 Å². The van der Waals surface area contributed by atoms with E-state index >= 15 is 0 Å². The van der Waals surface area contributed by atoms with Crippen LogP contribution in [-0.2, 0) is 7.05 Å². The highest BCUT2D eigenvalue weighted by molar-refractivity contribution is 5.72. The maximum absolute atomic E-state index is 10.4. The van der Waals surface area contributed by atoms with E-state index in [-0.39, 0.29) is 5.75 Å². The van der Waals surface area contributed by atoms with Crippen LogP contribution in [0.5, 0.6) is 5.75 Å². The molecule has 1 aromatic carbocycles. The number of nitrogens with zero attached hydrogens (tertiary/aromatic N) is 7. The van der Waals surface area contributed by atoms with E-state index in [0.29, 0.717) is 28.9 Å². The molecule has 1 unspecified atom stereocenters. The van der Waals surface area contributed by atoms with Crippen molar-refractivity contribution in [3.8, 4) is 28.3 Å². The smallest absolute Gasteiger partial charge is 0.245 e. The topological polar surface area (TPSA) is 105 Å². The summed E-state index contributed by atoms with van der Waals surface area (Å²) in [4.78, 5) is 8.00. The van der Waals surface area contributed by atoms with Gasteiger partial charge in [-0.2, -0.15) is 15.0 Å². The van der Waals surface area contributed by atoms with Crippen LogP contribution in [0.1, 0.15) is 6.42 Å². The first kappa shape index (κ1) is 16.4. The molecule has 26 heavy (non-hydrogen) atoms. The summed E-state index contributed by atoms with van der Waals surface area (Å²) in [7, 11) is 3.71. The second-order valence-corrected chi connectivity index (χ2v) is 6.31. The molecule has 3 aromatic rings. The van der Waals surface area contributed by atoms with Gasteiger partial charge in [0.05, 0.1) is 12.4 Å². The highest BCUT2D eigenvalue weighted by Gasteiger charge is 2.23. The summed E-state index contributed by atoms with van der Waals surface area (Å²) in [5, 5.41) is 30.4. The molecule has 134 valence electrons. The number of aromatic nitrogens is 6. The van der Waals surface area contributed by atoms with Gasteiger partial charge in [0.2, 0.25) is 5.95 Å². The van der Waals surface area contributed by atoms with Gasteiger partial charge in [0.25, 0.3) is 0 Å². The first-order chi connectivity index (χ1) is 12.6. The van der Waals surface area contributed by atoms with Gasteiger partial charge in [-0.05, 0) is 25.6 Å². The summed E-state index contributed by atoms with van der Waals surface area (Å²) in [6, 6.07) is 5.76. The number of phenols is 1.